The fourth-order valence-corrected chi connectivity index (χ4v) is 5.38. The van der Waals surface area contributed by atoms with E-state index in [4.69, 9.17) is 9.97 Å². The van der Waals surface area contributed by atoms with Gasteiger partial charge in [-0.25, -0.2) is 9.97 Å². The van der Waals surface area contributed by atoms with Gasteiger partial charge in [0.15, 0.2) is 11.5 Å². The number of H-pyrrole nitrogens is 2. The number of hydrogen-bond donors (Lipinski definition) is 2. The molecule has 5 aromatic heterocycles. The Hall–Kier alpha value is -3.56. The first-order chi connectivity index (χ1) is 18.0. The Morgan fingerprint density at radius 3 is 2.70 bits per heavy atom. The highest BCUT2D eigenvalue weighted by Gasteiger charge is 2.18. The van der Waals surface area contributed by atoms with Crippen molar-refractivity contribution < 1.29 is 0 Å². The second-order valence-corrected chi connectivity index (χ2v) is 11.3. The van der Waals surface area contributed by atoms with Crippen LogP contribution in [0.25, 0.3) is 50.4 Å². The third-order valence-electron chi connectivity index (χ3n) is 6.66. The van der Waals surface area contributed by atoms with Crippen LogP contribution in [0, 0.1) is 0 Å². The van der Waals surface area contributed by atoms with Crippen molar-refractivity contribution in [3.63, 3.8) is 0 Å². The quantitative estimate of drug-likeness (QED) is 0.275. The third-order valence-corrected chi connectivity index (χ3v) is 7.70. The van der Waals surface area contributed by atoms with Crippen molar-refractivity contribution in [3.8, 4) is 22.8 Å². The topological polar surface area (TPSA) is 99.3 Å². The molecule has 1 fully saturated rings. The van der Waals surface area contributed by atoms with Crippen molar-refractivity contribution in [2.24, 2.45) is 0 Å². The molecule has 6 heterocycles. The van der Waals surface area contributed by atoms with Crippen molar-refractivity contribution in [3.05, 3.63) is 59.5 Å². The number of rotatable bonds is 7. The smallest absolute Gasteiger partial charge is 0.161 e. The number of aromatic amines is 2. The number of aromatic nitrogens is 7. The molecule has 5 aromatic rings. The van der Waals surface area contributed by atoms with E-state index in [1.54, 1.807) is 11.8 Å². The van der Waals surface area contributed by atoms with Crippen LogP contribution in [0.2, 0.25) is 0 Å². The third kappa shape index (κ3) is 4.89. The number of fused-ring (bicyclic) bond motifs is 2. The van der Waals surface area contributed by atoms with Gasteiger partial charge in [-0.15, -0.1) is 11.8 Å². The molecular weight excluding hydrogens is 480 g/mol. The van der Waals surface area contributed by atoms with Crippen LogP contribution in [0.4, 0.5) is 0 Å². The molecule has 0 spiro atoms. The standard InChI is InChI=1S/C28H30N8S/c1-17(2)37-16-18(3)21-13-30-14-24-25(21)33-28(32-24)27-26-23(34-35-27)7-6-22(31-26)20-10-19(11-29-12-20)15-36-8-4-5-9-36/h6-7,10-14,16-17H,4-5,8-9,15H2,1-3H3,(H,32,33)(H,34,35)/b18-16+. The second kappa shape index (κ2) is 10.1. The maximum atomic E-state index is 4.99. The zero-order valence-electron chi connectivity index (χ0n) is 21.3. The van der Waals surface area contributed by atoms with Gasteiger partial charge in [-0.2, -0.15) is 5.10 Å². The van der Waals surface area contributed by atoms with E-state index in [1.807, 2.05) is 36.9 Å². The highest BCUT2D eigenvalue weighted by Crippen LogP contribution is 2.31. The van der Waals surface area contributed by atoms with Crippen molar-refractivity contribution in [1.29, 1.82) is 0 Å². The van der Waals surface area contributed by atoms with E-state index in [0.717, 1.165) is 64.1 Å². The Kier molecular flexibility index (Phi) is 6.48. The first kappa shape index (κ1) is 23.8. The summed E-state index contributed by atoms with van der Waals surface area (Å²) < 4.78 is 0. The van der Waals surface area contributed by atoms with E-state index < -0.39 is 0 Å². The minimum Gasteiger partial charge on any atom is -0.335 e. The van der Waals surface area contributed by atoms with Crippen LogP contribution in [0.15, 0.2) is 48.4 Å². The zero-order valence-corrected chi connectivity index (χ0v) is 22.1. The molecule has 1 aliphatic rings. The number of allylic oxidation sites excluding steroid dienone is 1. The maximum Gasteiger partial charge on any atom is 0.161 e. The minimum atomic E-state index is 0.517. The highest BCUT2D eigenvalue weighted by atomic mass is 32.2. The summed E-state index contributed by atoms with van der Waals surface area (Å²) in [6.45, 7) is 9.72. The lowest BCUT2D eigenvalue weighted by molar-refractivity contribution is 0.331. The summed E-state index contributed by atoms with van der Waals surface area (Å²) in [6.07, 6.45) is 10.1. The van der Waals surface area contributed by atoms with Crippen LogP contribution in [0.3, 0.4) is 0 Å². The molecule has 1 saturated heterocycles. The van der Waals surface area contributed by atoms with Gasteiger partial charge in [-0.1, -0.05) is 13.8 Å². The van der Waals surface area contributed by atoms with Crippen molar-refractivity contribution in [2.75, 3.05) is 13.1 Å². The van der Waals surface area contributed by atoms with Gasteiger partial charge in [0.2, 0.25) is 0 Å². The van der Waals surface area contributed by atoms with Gasteiger partial charge in [0, 0.05) is 41.5 Å². The number of likely N-dealkylation sites (tertiary alicyclic amines) is 1. The SMILES string of the molecule is C/C(=C\SC(C)C)c1cncc2[nH]c(-c3n[nH]c4ccc(-c5cncc(CN6CCCC6)c5)nc34)nc12. The van der Waals surface area contributed by atoms with E-state index in [-0.39, 0.29) is 0 Å². The summed E-state index contributed by atoms with van der Waals surface area (Å²) in [6, 6.07) is 6.23. The fourth-order valence-electron chi connectivity index (χ4n) is 4.77. The first-order valence-electron chi connectivity index (χ1n) is 12.7. The Morgan fingerprint density at radius 1 is 1.03 bits per heavy atom. The monoisotopic (exact) mass is 510 g/mol. The summed E-state index contributed by atoms with van der Waals surface area (Å²) >= 11 is 1.80. The summed E-state index contributed by atoms with van der Waals surface area (Å²) in [5, 5.41) is 10.4. The number of nitrogens with one attached hydrogen (secondary N) is 2. The summed E-state index contributed by atoms with van der Waals surface area (Å²) in [4.78, 5) is 24.8. The Labute approximate surface area is 220 Å². The van der Waals surface area contributed by atoms with E-state index in [9.17, 15) is 0 Å². The first-order valence-corrected chi connectivity index (χ1v) is 13.7. The molecule has 0 radical (unpaired) electrons. The van der Waals surface area contributed by atoms with E-state index in [1.165, 1.54) is 18.4 Å². The minimum absolute atomic E-state index is 0.517. The normalized spacial score (nSPS) is 15.0. The van der Waals surface area contributed by atoms with Crippen LogP contribution in [0.1, 0.15) is 44.7 Å². The van der Waals surface area contributed by atoms with Crippen LogP contribution < -0.4 is 0 Å². The summed E-state index contributed by atoms with van der Waals surface area (Å²) in [7, 11) is 0. The number of nitrogens with zero attached hydrogens (tertiary/aromatic N) is 6. The second-order valence-electron chi connectivity index (χ2n) is 9.88. The predicted octanol–water partition coefficient (Wildman–Crippen LogP) is 6.06. The molecule has 1 aliphatic heterocycles. The van der Waals surface area contributed by atoms with Gasteiger partial charge in [-0.3, -0.25) is 20.0 Å². The van der Waals surface area contributed by atoms with E-state index in [0.29, 0.717) is 16.8 Å². The van der Waals surface area contributed by atoms with Gasteiger partial charge in [-0.05, 0) is 67.6 Å². The molecule has 0 bridgehead atoms. The molecule has 0 saturated carbocycles. The molecule has 8 nitrogen and oxygen atoms in total. The lowest BCUT2D eigenvalue weighted by atomic mass is 10.1. The molecular formula is C28H30N8S. The fraction of sp³-hybridized carbons (Fsp3) is 0.321. The average molecular weight is 511 g/mol. The molecule has 0 aromatic carbocycles. The number of thioether (sulfide) groups is 1. The average Bonchev–Trinajstić information content (AvgIpc) is 3.66. The Bertz CT molecular complexity index is 1590. The van der Waals surface area contributed by atoms with Crippen molar-refractivity contribution in [2.45, 2.75) is 45.4 Å². The number of imidazole rings is 1. The Morgan fingerprint density at radius 2 is 1.86 bits per heavy atom. The molecule has 188 valence electrons. The van der Waals surface area contributed by atoms with E-state index >= 15 is 0 Å². The van der Waals surface area contributed by atoms with Crippen molar-refractivity contribution >= 4 is 39.4 Å². The number of hydrogen-bond acceptors (Lipinski definition) is 7. The molecule has 0 aliphatic carbocycles. The van der Waals surface area contributed by atoms with Gasteiger partial charge < -0.3 is 4.98 Å². The highest BCUT2D eigenvalue weighted by molar-refractivity contribution is 8.02. The van der Waals surface area contributed by atoms with Gasteiger partial charge in [0.25, 0.3) is 0 Å². The van der Waals surface area contributed by atoms with Crippen LogP contribution in [-0.2, 0) is 6.54 Å². The molecule has 6 rings (SSSR count). The predicted molar refractivity (Wildman–Crippen MR) is 151 cm³/mol. The molecule has 0 amide bonds. The van der Waals surface area contributed by atoms with Gasteiger partial charge in [0.1, 0.15) is 5.52 Å². The van der Waals surface area contributed by atoms with Gasteiger partial charge in [0.05, 0.1) is 28.4 Å². The van der Waals surface area contributed by atoms with Gasteiger partial charge >= 0.3 is 0 Å². The number of pyridine rings is 3. The Balaban J connectivity index is 1.36. The lowest BCUT2D eigenvalue weighted by Crippen LogP contribution is -2.18. The molecule has 37 heavy (non-hydrogen) atoms. The molecule has 9 heteroatoms. The molecule has 0 atom stereocenters. The lowest BCUT2D eigenvalue weighted by Gasteiger charge is -2.14. The van der Waals surface area contributed by atoms with Crippen LogP contribution in [0.5, 0.6) is 0 Å². The summed E-state index contributed by atoms with van der Waals surface area (Å²) in [5.74, 6) is 0.672. The van der Waals surface area contributed by atoms with Crippen LogP contribution in [-0.4, -0.2) is 58.4 Å². The molecule has 0 unspecified atom stereocenters. The van der Waals surface area contributed by atoms with E-state index in [2.05, 4.69) is 62.3 Å². The maximum absolute atomic E-state index is 4.99. The summed E-state index contributed by atoms with van der Waals surface area (Å²) in [5.41, 5.74) is 9.34. The van der Waals surface area contributed by atoms with Crippen LogP contribution >= 0.6 is 11.8 Å². The van der Waals surface area contributed by atoms with Crippen molar-refractivity contribution in [1.82, 2.24) is 40.0 Å². The largest absolute Gasteiger partial charge is 0.335 e. The zero-order chi connectivity index (χ0) is 25.4. The molecule has 2 N–H and O–H groups in total.